The van der Waals surface area contributed by atoms with Crippen molar-refractivity contribution in [2.75, 3.05) is 7.11 Å². The molecule has 184 valence electrons. The molecule has 0 radical (unpaired) electrons. The van der Waals surface area contributed by atoms with E-state index < -0.39 is 6.10 Å². The fourth-order valence-corrected chi connectivity index (χ4v) is 3.56. The summed E-state index contributed by atoms with van der Waals surface area (Å²) in [5.74, 6) is -0.975. The number of hydrogen-bond acceptors (Lipinski definition) is 3. The van der Waals surface area contributed by atoms with Gasteiger partial charge in [0, 0.05) is 12.7 Å². The van der Waals surface area contributed by atoms with Crippen LogP contribution in [0.3, 0.4) is 0 Å². The molecular formula is C25H24Br3F3O3. The SMILES string of the molecule is CC(=O)c1ccc(F)c(Br)c1.CC(O)c1ccc(F)c(Br)c1.COC(C)c1ccc(F)c(Br)c1. The molecule has 3 aromatic carbocycles. The highest BCUT2D eigenvalue weighted by atomic mass is 79.9. The van der Waals surface area contributed by atoms with Crippen molar-refractivity contribution in [1.82, 2.24) is 0 Å². The minimum absolute atomic E-state index is 0.00176. The predicted molar refractivity (Wildman–Crippen MR) is 138 cm³/mol. The first-order valence-corrected chi connectivity index (χ1v) is 12.3. The number of aliphatic hydroxyl groups excluding tert-OH is 1. The summed E-state index contributed by atoms with van der Waals surface area (Å²) in [6, 6.07) is 13.5. The van der Waals surface area contributed by atoms with Crippen molar-refractivity contribution in [2.45, 2.75) is 33.0 Å². The third-order valence-electron chi connectivity index (χ3n) is 4.52. The van der Waals surface area contributed by atoms with Gasteiger partial charge in [0.25, 0.3) is 0 Å². The van der Waals surface area contributed by atoms with E-state index in [9.17, 15) is 18.0 Å². The Morgan fingerprint density at radius 2 is 1.21 bits per heavy atom. The van der Waals surface area contributed by atoms with Crippen LogP contribution in [0.2, 0.25) is 0 Å². The van der Waals surface area contributed by atoms with Crippen LogP contribution >= 0.6 is 47.8 Å². The van der Waals surface area contributed by atoms with Gasteiger partial charge in [-0.25, -0.2) is 13.2 Å². The summed E-state index contributed by atoms with van der Waals surface area (Å²) in [5.41, 5.74) is 2.18. The lowest BCUT2D eigenvalue weighted by Gasteiger charge is -2.09. The van der Waals surface area contributed by atoms with Gasteiger partial charge in [0.2, 0.25) is 0 Å². The van der Waals surface area contributed by atoms with Crippen molar-refractivity contribution in [3.63, 3.8) is 0 Å². The van der Waals surface area contributed by atoms with E-state index in [-0.39, 0.29) is 29.3 Å². The van der Waals surface area contributed by atoms with Crippen LogP contribution in [-0.2, 0) is 4.74 Å². The zero-order valence-electron chi connectivity index (χ0n) is 18.9. The summed E-state index contributed by atoms with van der Waals surface area (Å²) in [4.78, 5) is 10.8. The lowest BCUT2D eigenvalue weighted by Crippen LogP contribution is -1.95. The molecule has 0 saturated heterocycles. The van der Waals surface area contributed by atoms with E-state index in [4.69, 9.17) is 9.84 Å². The van der Waals surface area contributed by atoms with Crippen molar-refractivity contribution in [1.29, 1.82) is 0 Å². The molecule has 0 fully saturated rings. The quantitative estimate of drug-likeness (QED) is 0.283. The van der Waals surface area contributed by atoms with Gasteiger partial charge in [-0.3, -0.25) is 4.79 Å². The molecule has 2 atom stereocenters. The molecule has 3 rings (SSSR count). The Labute approximate surface area is 222 Å². The van der Waals surface area contributed by atoms with E-state index in [2.05, 4.69) is 47.8 Å². The third-order valence-corrected chi connectivity index (χ3v) is 6.34. The minimum atomic E-state index is -0.549. The van der Waals surface area contributed by atoms with Gasteiger partial charge < -0.3 is 9.84 Å². The molecule has 0 bridgehead atoms. The lowest BCUT2D eigenvalue weighted by molar-refractivity contribution is 0.101. The number of halogens is 6. The Morgan fingerprint density at radius 1 is 0.794 bits per heavy atom. The minimum Gasteiger partial charge on any atom is -0.389 e. The second kappa shape index (κ2) is 14.8. The van der Waals surface area contributed by atoms with Gasteiger partial charge in [-0.1, -0.05) is 12.1 Å². The van der Waals surface area contributed by atoms with Crippen LogP contribution in [0.5, 0.6) is 0 Å². The number of carbonyl (C=O) groups excluding carboxylic acids is 1. The van der Waals surface area contributed by atoms with Crippen LogP contribution in [0.15, 0.2) is 68.0 Å². The third kappa shape index (κ3) is 10.00. The fourth-order valence-electron chi connectivity index (χ4n) is 2.39. The zero-order valence-corrected chi connectivity index (χ0v) is 23.6. The standard InChI is InChI=1S/C9H10BrFO.C8H8BrFO.C8H6BrFO/c1-6(12-2)7-3-4-9(11)8(10)5-7;2*1-5(11)6-2-3-8(10)7(9)4-6/h3-6H,1-2H3;2-5,11H,1H3;2-4H,1H3. The van der Waals surface area contributed by atoms with Crippen LogP contribution in [0.1, 0.15) is 54.5 Å². The predicted octanol–water partition coefficient (Wildman–Crippen LogP) is 8.73. The summed E-state index contributed by atoms with van der Waals surface area (Å²) in [6.07, 6.45) is -0.547. The number of methoxy groups -OCH3 is 1. The number of benzene rings is 3. The highest BCUT2D eigenvalue weighted by Gasteiger charge is 2.06. The van der Waals surface area contributed by atoms with Crippen molar-refractivity contribution < 1.29 is 27.8 Å². The molecule has 3 aromatic rings. The van der Waals surface area contributed by atoms with E-state index >= 15 is 0 Å². The van der Waals surface area contributed by atoms with E-state index in [1.807, 2.05) is 6.92 Å². The Hall–Kier alpha value is -1.52. The molecule has 3 nitrogen and oxygen atoms in total. The molecule has 0 saturated carbocycles. The van der Waals surface area contributed by atoms with Gasteiger partial charge in [0.1, 0.15) is 17.5 Å². The Kier molecular flexibility index (Phi) is 13.3. The first kappa shape index (κ1) is 30.5. The maximum absolute atomic E-state index is 12.8. The van der Waals surface area contributed by atoms with Gasteiger partial charge in [0.05, 0.1) is 25.6 Å². The molecule has 0 aliphatic rings. The lowest BCUT2D eigenvalue weighted by atomic mass is 10.1. The number of aliphatic hydroxyl groups is 1. The van der Waals surface area contributed by atoms with E-state index in [0.29, 0.717) is 24.5 Å². The van der Waals surface area contributed by atoms with Gasteiger partial charge >= 0.3 is 0 Å². The normalized spacial score (nSPS) is 12.0. The van der Waals surface area contributed by atoms with Crippen molar-refractivity contribution in [3.05, 3.63) is 102 Å². The summed E-state index contributed by atoms with van der Waals surface area (Å²) >= 11 is 9.13. The molecule has 0 aliphatic heterocycles. The summed E-state index contributed by atoms with van der Waals surface area (Å²) in [6.45, 7) is 5.00. The van der Waals surface area contributed by atoms with Crippen molar-refractivity contribution in [3.8, 4) is 0 Å². The molecule has 0 amide bonds. The molecule has 0 aliphatic carbocycles. The fraction of sp³-hybridized carbons (Fsp3) is 0.240. The molecule has 2 unspecified atom stereocenters. The average Bonchev–Trinajstić information content (AvgIpc) is 2.79. The second-order valence-electron chi connectivity index (χ2n) is 7.09. The van der Waals surface area contributed by atoms with Crippen LogP contribution in [0.25, 0.3) is 0 Å². The molecule has 1 N–H and O–H groups in total. The van der Waals surface area contributed by atoms with Gasteiger partial charge in [-0.15, -0.1) is 0 Å². The van der Waals surface area contributed by atoms with Crippen molar-refractivity contribution >= 4 is 53.6 Å². The van der Waals surface area contributed by atoms with Crippen LogP contribution < -0.4 is 0 Å². The monoisotopic (exact) mass is 666 g/mol. The van der Waals surface area contributed by atoms with E-state index in [1.54, 1.807) is 38.3 Å². The molecule has 0 heterocycles. The largest absolute Gasteiger partial charge is 0.389 e. The molecule has 34 heavy (non-hydrogen) atoms. The highest BCUT2D eigenvalue weighted by Crippen LogP contribution is 2.23. The first-order chi connectivity index (χ1) is 15.9. The smallest absolute Gasteiger partial charge is 0.159 e. The molecule has 9 heteroatoms. The zero-order chi connectivity index (χ0) is 26.0. The summed E-state index contributed by atoms with van der Waals surface area (Å²) in [7, 11) is 1.63. The van der Waals surface area contributed by atoms with Gasteiger partial charge in [-0.2, -0.15) is 0 Å². The molecular weight excluding hydrogens is 645 g/mol. The maximum atomic E-state index is 12.8. The summed E-state index contributed by atoms with van der Waals surface area (Å²) in [5, 5.41) is 9.10. The number of ether oxygens (including phenoxy) is 1. The van der Waals surface area contributed by atoms with Gasteiger partial charge in [0.15, 0.2) is 5.78 Å². The summed E-state index contributed by atoms with van der Waals surface area (Å²) < 4.78 is 44.3. The Balaban J connectivity index is 0.000000255. The van der Waals surface area contributed by atoms with Crippen LogP contribution in [0.4, 0.5) is 13.2 Å². The first-order valence-electron chi connectivity index (χ1n) is 9.94. The van der Waals surface area contributed by atoms with Crippen LogP contribution in [-0.4, -0.2) is 18.0 Å². The van der Waals surface area contributed by atoms with Crippen LogP contribution in [0, 0.1) is 17.5 Å². The number of carbonyl (C=O) groups is 1. The second-order valence-corrected chi connectivity index (χ2v) is 9.65. The van der Waals surface area contributed by atoms with Crippen molar-refractivity contribution in [2.24, 2.45) is 0 Å². The Morgan fingerprint density at radius 3 is 1.59 bits per heavy atom. The van der Waals surface area contributed by atoms with E-state index in [1.165, 1.54) is 37.3 Å². The number of rotatable bonds is 4. The average molecular weight is 669 g/mol. The Bertz CT molecular complexity index is 1110. The number of ketones is 1. The highest BCUT2D eigenvalue weighted by molar-refractivity contribution is 9.11. The topological polar surface area (TPSA) is 46.5 Å². The molecule has 0 aromatic heterocycles. The molecule has 0 spiro atoms. The number of Topliss-reactive ketones (excluding diaryl/α,β-unsaturated/α-hetero) is 1. The maximum Gasteiger partial charge on any atom is 0.159 e. The van der Waals surface area contributed by atoms with E-state index in [0.717, 1.165) is 5.56 Å². The number of hydrogen-bond donors (Lipinski definition) is 1. The van der Waals surface area contributed by atoms with Gasteiger partial charge in [-0.05, 0) is 122 Å².